The van der Waals surface area contributed by atoms with E-state index in [4.69, 9.17) is 4.52 Å². The number of fused-ring (bicyclic) bond motifs is 1. The zero-order valence-corrected chi connectivity index (χ0v) is 15.3. The van der Waals surface area contributed by atoms with Gasteiger partial charge in [0.1, 0.15) is 6.04 Å². The molecule has 1 N–H and O–H groups in total. The van der Waals surface area contributed by atoms with Gasteiger partial charge < -0.3 is 14.7 Å². The van der Waals surface area contributed by atoms with Gasteiger partial charge in [-0.15, -0.1) is 12.4 Å². The second kappa shape index (κ2) is 7.13. The molecule has 4 rings (SSSR count). The first-order valence-corrected chi connectivity index (χ1v) is 8.55. The summed E-state index contributed by atoms with van der Waals surface area (Å²) in [6, 6.07) is 1.74. The number of carbonyl (C=O) groups excluding carboxylic acids is 1. The average molecular weight is 367 g/mol. The maximum Gasteiger partial charge on any atom is 0.275 e. The van der Waals surface area contributed by atoms with Gasteiger partial charge in [0.25, 0.3) is 5.91 Å². The maximum absolute atomic E-state index is 12.9. The van der Waals surface area contributed by atoms with Crippen molar-refractivity contribution in [3.8, 4) is 0 Å². The van der Waals surface area contributed by atoms with Gasteiger partial charge in [-0.1, -0.05) is 19.0 Å². The molecule has 8 nitrogen and oxygen atoms in total. The van der Waals surface area contributed by atoms with Gasteiger partial charge >= 0.3 is 0 Å². The third-order valence-electron chi connectivity index (χ3n) is 4.66. The lowest BCUT2D eigenvalue weighted by molar-refractivity contribution is 0.0703. The predicted octanol–water partition coefficient (Wildman–Crippen LogP) is 1.89. The van der Waals surface area contributed by atoms with E-state index in [1.807, 2.05) is 29.5 Å². The van der Waals surface area contributed by atoms with Gasteiger partial charge in [-0.2, -0.15) is 10.1 Å². The van der Waals surface area contributed by atoms with Gasteiger partial charge in [-0.05, 0) is 18.9 Å². The highest BCUT2D eigenvalue weighted by molar-refractivity contribution is 5.92. The largest absolute Gasteiger partial charge is 0.337 e. The first-order valence-electron chi connectivity index (χ1n) is 8.55. The molecule has 4 heterocycles. The minimum atomic E-state index is -0.144. The Morgan fingerprint density at radius 2 is 2.24 bits per heavy atom. The Morgan fingerprint density at radius 1 is 1.40 bits per heavy atom. The van der Waals surface area contributed by atoms with Gasteiger partial charge in [0, 0.05) is 25.6 Å². The smallest absolute Gasteiger partial charge is 0.275 e. The highest BCUT2D eigenvalue weighted by atomic mass is 35.5. The number of amides is 1. The normalized spacial score (nSPS) is 19.8. The van der Waals surface area contributed by atoms with Crippen LogP contribution in [0.25, 0.3) is 0 Å². The van der Waals surface area contributed by atoms with E-state index in [1.54, 1.807) is 0 Å². The molecule has 1 atom stereocenters. The van der Waals surface area contributed by atoms with Crippen LogP contribution in [-0.2, 0) is 13.1 Å². The van der Waals surface area contributed by atoms with Gasteiger partial charge in [0.05, 0.1) is 12.2 Å². The topological polar surface area (TPSA) is 89.1 Å². The molecule has 0 aliphatic carbocycles. The second-order valence-electron chi connectivity index (χ2n) is 6.72. The fraction of sp³-hybridized carbons (Fsp3) is 0.625. The lowest BCUT2D eigenvalue weighted by atomic mass is 10.2. The van der Waals surface area contributed by atoms with Crippen LogP contribution >= 0.6 is 12.4 Å². The number of nitrogens with zero attached hydrogens (tertiary/aromatic N) is 5. The Morgan fingerprint density at radius 3 is 2.96 bits per heavy atom. The fourth-order valence-corrected chi connectivity index (χ4v) is 3.33. The first kappa shape index (κ1) is 17.9. The van der Waals surface area contributed by atoms with E-state index in [-0.39, 0.29) is 30.3 Å². The number of likely N-dealkylation sites (tertiary alicyclic amines) is 1. The van der Waals surface area contributed by atoms with Crippen molar-refractivity contribution in [1.29, 1.82) is 0 Å². The molecule has 0 radical (unpaired) electrons. The highest BCUT2D eigenvalue weighted by Crippen LogP contribution is 2.32. The van der Waals surface area contributed by atoms with Crippen LogP contribution in [-0.4, -0.2) is 43.8 Å². The summed E-state index contributed by atoms with van der Waals surface area (Å²) in [4.78, 5) is 19.2. The number of halogens is 1. The van der Waals surface area contributed by atoms with Crippen LogP contribution in [0.5, 0.6) is 0 Å². The van der Waals surface area contributed by atoms with E-state index in [0.717, 1.165) is 38.2 Å². The molecule has 9 heteroatoms. The van der Waals surface area contributed by atoms with Crippen molar-refractivity contribution in [2.24, 2.45) is 0 Å². The zero-order chi connectivity index (χ0) is 16.7. The monoisotopic (exact) mass is 366 g/mol. The minimum absolute atomic E-state index is 0. The molecule has 1 unspecified atom stereocenters. The van der Waals surface area contributed by atoms with E-state index >= 15 is 0 Å². The molecule has 1 saturated heterocycles. The van der Waals surface area contributed by atoms with Crippen LogP contribution in [0.3, 0.4) is 0 Å². The number of aromatic nitrogens is 4. The van der Waals surface area contributed by atoms with E-state index in [9.17, 15) is 4.79 Å². The summed E-state index contributed by atoms with van der Waals surface area (Å²) in [6.07, 6.45) is 1.78. The molecule has 0 aromatic carbocycles. The molecule has 1 fully saturated rings. The van der Waals surface area contributed by atoms with Crippen molar-refractivity contribution in [3.05, 3.63) is 29.2 Å². The summed E-state index contributed by atoms with van der Waals surface area (Å²) < 4.78 is 7.33. The Labute approximate surface area is 152 Å². The lowest BCUT2D eigenvalue weighted by Crippen LogP contribution is -2.31. The summed E-state index contributed by atoms with van der Waals surface area (Å²) in [6.45, 7) is 7.18. The summed E-state index contributed by atoms with van der Waals surface area (Å²) >= 11 is 0. The van der Waals surface area contributed by atoms with Gasteiger partial charge in [-0.25, -0.2) is 0 Å². The van der Waals surface area contributed by atoms with Gasteiger partial charge in [0.2, 0.25) is 5.89 Å². The summed E-state index contributed by atoms with van der Waals surface area (Å²) in [7, 11) is 0. The van der Waals surface area contributed by atoms with Crippen LogP contribution < -0.4 is 5.32 Å². The van der Waals surface area contributed by atoms with Crippen LogP contribution in [0, 0.1) is 0 Å². The van der Waals surface area contributed by atoms with E-state index < -0.39 is 0 Å². The van der Waals surface area contributed by atoms with Crippen molar-refractivity contribution in [2.75, 3.05) is 13.1 Å². The fourth-order valence-electron chi connectivity index (χ4n) is 3.33. The van der Waals surface area contributed by atoms with Crippen molar-refractivity contribution in [2.45, 2.75) is 51.7 Å². The van der Waals surface area contributed by atoms with Crippen LogP contribution in [0.15, 0.2) is 10.6 Å². The maximum atomic E-state index is 12.9. The molecule has 2 aliphatic heterocycles. The number of hydrogen-bond acceptors (Lipinski definition) is 6. The molecular formula is C16H23ClN6O2. The standard InChI is InChI=1S/C16H22N6O2.ClH/c1-10(2)14-18-15(24-20-14)13-4-3-6-21(13)16(23)12-8-11-9-17-5-7-22(11)19-12;/h8,10,13,17H,3-7,9H2,1-2H3;1H. The van der Waals surface area contributed by atoms with Crippen molar-refractivity contribution >= 4 is 18.3 Å². The average Bonchev–Trinajstić information content (AvgIpc) is 3.30. The summed E-state index contributed by atoms with van der Waals surface area (Å²) in [5.74, 6) is 1.38. The number of nitrogens with one attached hydrogen (secondary N) is 1. The summed E-state index contributed by atoms with van der Waals surface area (Å²) in [5.41, 5.74) is 1.56. The second-order valence-corrected chi connectivity index (χ2v) is 6.72. The SMILES string of the molecule is CC(C)c1noc(C2CCCN2C(=O)c2cc3n(n2)CCNC3)n1.Cl. The van der Waals surface area contributed by atoms with Crippen molar-refractivity contribution in [1.82, 2.24) is 30.1 Å². The zero-order valence-electron chi connectivity index (χ0n) is 14.4. The molecule has 2 aliphatic rings. The predicted molar refractivity (Wildman–Crippen MR) is 92.6 cm³/mol. The Balaban J connectivity index is 0.00000182. The van der Waals surface area contributed by atoms with Crippen molar-refractivity contribution in [3.63, 3.8) is 0 Å². The molecule has 1 amide bonds. The number of rotatable bonds is 3. The quantitative estimate of drug-likeness (QED) is 0.892. The van der Waals surface area contributed by atoms with Gasteiger partial charge in [0.15, 0.2) is 11.5 Å². The molecular weight excluding hydrogens is 344 g/mol. The third kappa shape index (κ3) is 3.28. The van der Waals surface area contributed by atoms with Crippen LogP contribution in [0.2, 0.25) is 0 Å². The van der Waals surface area contributed by atoms with Crippen molar-refractivity contribution < 1.29 is 9.32 Å². The van der Waals surface area contributed by atoms with Crippen LogP contribution in [0.1, 0.15) is 66.5 Å². The molecule has 2 aromatic heterocycles. The Bertz CT molecular complexity index is 732. The van der Waals surface area contributed by atoms with Gasteiger partial charge in [-0.3, -0.25) is 9.48 Å². The summed E-state index contributed by atoms with van der Waals surface area (Å²) in [5, 5.41) is 11.8. The molecule has 136 valence electrons. The lowest BCUT2D eigenvalue weighted by Gasteiger charge is -2.20. The third-order valence-corrected chi connectivity index (χ3v) is 4.66. The Kier molecular flexibility index (Phi) is 5.10. The highest BCUT2D eigenvalue weighted by Gasteiger charge is 2.36. The molecule has 25 heavy (non-hydrogen) atoms. The first-order chi connectivity index (χ1) is 11.6. The minimum Gasteiger partial charge on any atom is -0.337 e. The molecule has 0 spiro atoms. The Hall–Kier alpha value is -1.93. The van der Waals surface area contributed by atoms with E-state index in [0.29, 0.717) is 24.0 Å². The van der Waals surface area contributed by atoms with E-state index in [2.05, 4.69) is 20.6 Å². The molecule has 2 aromatic rings. The number of hydrogen-bond donors (Lipinski definition) is 1. The van der Waals surface area contributed by atoms with E-state index in [1.165, 1.54) is 0 Å². The molecule has 0 bridgehead atoms. The molecule has 0 saturated carbocycles. The van der Waals surface area contributed by atoms with Crippen LogP contribution in [0.4, 0.5) is 0 Å². The number of carbonyl (C=O) groups is 1.